The Morgan fingerprint density at radius 2 is 1.72 bits per heavy atom. The Morgan fingerprint density at radius 1 is 1.04 bits per heavy atom. The maximum absolute atomic E-state index is 4.58. The summed E-state index contributed by atoms with van der Waals surface area (Å²) >= 11 is 0. The molecule has 0 aromatic carbocycles. The van der Waals surface area contributed by atoms with Crippen LogP contribution in [0.3, 0.4) is 0 Å². The summed E-state index contributed by atoms with van der Waals surface area (Å²) in [6.45, 7) is 10.5. The van der Waals surface area contributed by atoms with Gasteiger partial charge >= 0.3 is 0 Å². The number of likely N-dealkylation sites (N-methyl/N-ethyl adjacent to an activating group) is 1. The van der Waals surface area contributed by atoms with Crippen LogP contribution in [0.2, 0.25) is 0 Å². The number of guanidine groups is 1. The van der Waals surface area contributed by atoms with Crippen molar-refractivity contribution >= 4 is 29.9 Å². The second-order valence-electron chi connectivity index (χ2n) is 8.35. The summed E-state index contributed by atoms with van der Waals surface area (Å²) in [5.41, 5.74) is 0.596. The molecule has 2 heterocycles. The molecule has 0 amide bonds. The average molecular weight is 463 g/mol. The first kappa shape index (κ1) is 21.2. The molecule has 1 atom stereocenters. The first-order chi connectivity index (χ1) is 11.6. The van der Waals surface area contributed by atoms with Gasteiger partial charge in [-0.2, -0.15) is 0 Å². The molecule has 146 valence electrons. The normalized spacial score (nSPS) is 26.5. The molecular formula is C19H38IN5. The van der Waals surface area contributed by atoms with Crippen LogP contribution in [0.1, 0.15) is 45.4 Å². The standard InChI is InChI=1S/C19H37N5.HI/c1-17(23-13-11-22(3)12-14-23)15-21-18(20-2)24-10-9-19(16-24)7-5-4-6-8-19;/h17H,4-16H2,1-3H3,(H,20,21);1H. The lowest BCUT2D eigenvalue weighted by Crippen LogP contribution is -2.52. The predicted molar refractivity (Wildman–Crippen MR) is 117 cm³/mol. The van der Waals surface area contributed by atoms with Crippen LogP contribution in [0.25, 0.3) is 0 Å². The van der Waals surface area contributed by atoms with Gasteiger partial charge in [-0.25, -0.2) is 0 Å². The van der Waals surface area contributed by atoms with Gasteiger partial charge in [0.25, 0.3) is 0 Å². The fourth-order valence-electron chi connectivity index (χ4n) is 4.79. The summed E-state index contributed by atoms with van der Waals surface area (Å²) in [4.78, 5) is 12.1. The van der Waals surface area contributed by atoms with Crippen LogP contribution in [0.15, 0.2) is 4.99 Å². The van der Waals surface area contributed by atoms with Crippen LogP contribution in [-0.2, 0) is 0 Å². The molecule has 0 aromatic rings. The highest BCUT2D eigenvalue weighted by Crippen LogP contribution is 2.43. The van der Waals surface area contributed by atoms with Crippen molar-refractivity contribution in [1.82, 2.24) is 20.0 Å². The SMILES string of the molecule is CN=C(NCC(C)N1CCN(C)CC1)N1CCC2(CCCCC2)C1.I. The van der Waals surface area contributed by atoms with E-state index in [2.05, 4.69) is 39.0 Å². The molecule has 3 rings (SSSR count). The number of rotatable bonds is 3. The van der Waals surface area contributed by atoms with Crippen LogP contribution < -0.4 is 5.32 Å². The summed E-state index contributed by atoms with van der Waals surface area (Å²) in [7, 11) is 4.16. The third-order valence-corrected chi connectivity index (χ3v) is 6.58. The van der Waals surface area contributed by atoms with Gasteiger partial charge in [0, 0.05) is 58.9 Å². The second-order valence-corrected chi connectivity index (χ2v) is 8.35. The molecule has 2 aliphatic heterocycles. The van der Waals surface area contributed by atoms with Crippen LogP contribution in [0.5, 0.6) is 0 Å². The minimum Gasteiger partial charge on any atom is -0.355 e. The van der Waals surface area contributed by atoms with E-state index in [0.717, 1.165) is 12.5 Å². The van der Waals surface area contributed by atoms with Crippen LogP contribution >= 0.6 is 24.0 Å². The van der Waals surface area contributed by atoms with Crippen LogP contribution in [-0.4, -0.2) is 86.6 Å². The molecule has 3 aliphatic rings. The van der Waals surface area contributed by atoms with Crippen molar-refractivity contribution in [3.63, 3.8) is 0 Å². The quantitative estimate of drug-likeness (QED) is 0.396. The van der Waals surface area contributed by atoms with E-state index < -0.39 is 0 Å². The van der Waals surface area contributed by atoms with Gasteiger partial charge in [-0.1, -0.05) is 19.3 Å². The van der Waals surface area contributed by atoms with E-state index in [1.54, 1.807) is 0 Å². The first-order valence-corrected chi connectivity index (χ1v) is 10.0. The summed E-state index contributed by atoms with van der Waals surface area (Å²) in [5, 5.41) is 3.66. The van der Waals surface area contributed by atoms with Gasteiger partial charge in [-0.05, 0) is 38.6 Å². The Hall–Kier alpha value is -0.0800. The molecular weight excluding hydrogens is 425 g/mol. The minimum absolute atomic E-state index is 0. The van der Waals surface area contributed by atoms with E-state index in [0.29, 0.717) is 11.5 Å². The minimum atomic E-state index is 0. The molecule has 0 bridgehead atoms. The monoisotopic (exact) mass is 463 g/mol. The van der Waals surface area contributed by atoms with E-state index in [4.69, 9.17) is 0 Å². The zero-order valence-electron chi connectivity index (χ0n) is 16.5. The average Bonchev–Trinajstić information content (AvgIpc) is 3.00. The number of aliphatic imine (C=N–C) groups is 1. The number of halogens is 1. The molecule has 3 fully saturated rings. The Morgan fingerprint density at radius 3 is 2.36 bits per heavy atom. The molecule has 25 heavy (non-hydrogen) atoms. The van der Waals surface area contributed by atoms with Gasteiger partial charge in [-0.15, -0.1) is 24.0 Å². The van der Waals surface area contributed by atoms with E-state index in [1.807, 2.05) is 7.05 Å². The van der Waals surface area contributed by atoms with E-state index in [1.165, 1.54) is 77.8 Å². The highest BCUT2D eigenvalue weighted by Gasteiger charge is 2.39. The topological polar surface area (TPSA) is 34.1 Å². The smallest absolute Gasteiger partial charge is 0.193 e. The van der Waals surface area contributed by atoms with Gasteiger partial charge in [0.1, 0.15) is 0 Å². The zero-order chi connectivity index (χ0) is 17.0. The number of hydrogen-bond acceptors (Lipinski definition) is 3. The lowest BCUT2D eigenvalue weighted by molar-refractivity contribution is 0.119. The molecule has 1 saturated carbocycles. The summed E-state index contributed by atoms with van der Waals surface area (Å²) < 4.78 is 0. The number of nitrogens with zero attached hydrogens (tertiary/aromatic N) is 4. The van der Waals surface area contributed by atoms with Gasteiger partial charge < -0.3 is 15.1 Å². The Labute approximate surface area is 171 Å². The van der Waals surface area contributed by atoms with Crippen molar-refractivity contribution < 1.29 is 0 Å². The fourth-order valence-corrected chi connectivity index (χ4v) is 4.79. The molecule has 1 unspecified atom stereocenters. The number of nitrogens with one attached hydrogen (secondary N) is 1. The van der Waals surface area contributed by atoms with Crippen molar-refractivity contribution in [2.75, 3.05) is 59.9 Å². The largest absolute Gasteiger partial charge is 0.355 e. The first-order valence-electron chi connectivity index (χ1n) is 10.0. The Bertz CT molecular complexity index is 428. The molecule has 2 saturated heterocycles. The zero-order valence-corrected chi connectivity index (χ0v) is 18.8. The van der Waals surface area contributed by atoms with Gasteiger partial charge in [0.05, 0.1) is 0 Å². The second kappa shape index (κ2) is 9.74. The molecule has 0 aromatic heterocycles. The highest BCUT2D eigenvalue weighted by atomic mass is 127. The van der Waals surface area contributed by atoms with Crippen molar-refractivity contribution in [2.45, 2.75) is 51.5 Å². The summed E-state index contributed by atoms with van der Waals surface area (Å²) in [6.07, 6.45) is 8.52. The van der Waals surface area contributed by atoms with Crippen molar-refractivity contribution in [2.24, 2.45) is 10.4 Å². The number of piperazine rings is 1. The molecule has 1 aliphatic carbocycles. The van der Waals surface area contributed by atoms with E-state index in [9.17, 15) is 0 Å². The van der Waals surface area contributed by atoms with Crippen molar-refractivity contribution in [3.05, 3.63) is 0 Å². The number of likely N-dealkylation sites (tertiary alicyclic amines) is 1. The summed E-state index contributed by atoms with van der Waals surface area (Å²) in [6, 6.07) is 0.571. The maximum atomic E-state index is 4.58. The third kappa shape index (κ3) is 5.45. The van der Waals surface area contributed by atoms with E-state index in [-0.39, 0.29) is 24.0 Å². The maximum Gasteiger partial charge on any atom is 0.193 e. The summed E-state index contributed by atoms with van der Waals surface area (Å²) in [5.74, 6) is 1.12. The molecule has 5 nitrogen and oxygen atoms in total. The lowest BCUT2D eigenvalue weighted by atomic mass is 9.73. The third-order valence-electron chi connectivity index (χ3n) is 6.58. The predicted octanol–water partition coefficient (Wildman–Crippen LogP) is 2.47. The van der Waals surface area contributed by atoms with Crippen LogP contribution in [0, 0.1) is 5.41 Å². The Balaban J connectivity index is 0.00000225. The van der Waals surface area contributed by atoms with Gasteiger partial charge in [0.2, 0.25) is 0 Å². The molecule has 0 radical (unpaired) electrons. The van der Waals surface area contributed by atoms with Gasteiger partial charge in [0.15, 0.2) is 5.96 Å². The van der Waals surface area contributed by atoms with Crippen molar-refractivity contribution in [3.8, 4) is 0 Å². The Kier molecular flexibility index (Phi) is 8.27. The van der Waals surface area contributed by atoms with Gasteiger partial charge in [-0.3, -0.25) is 9.89 Å². The molecule has 1 spiro atoms. The highest BCUT2D eigenvalue weighted by molar-refractivity contribution is 14.0. The fraction of sp³-hybridized carbons (Fsp3) is 0.947. The molecule has 6 heteroatoms. The lowest BCUT2D eigenvalue weighted by Gasteiger charge is -2.37. The van der Waals surface area contributed by atoms with Crippen molar-refractivity contribution in [1.29, 1.82) is 0 Å². The molecule has 1 N–H and O–H groups in total. The van der Waals surface area contributed by atoms with Crippen LogP contribution in [0.4, 0.5) is 0 Å². The number of hydrogen-bond donors (Lipinski definition) is 1. The van der Waals surface area contributed by atoms with E-state index >= 15 is 0 Å².